The summed E-state index contributed by atoms with van der Waals surface area (Å²) in [6, 6.07) is 19.4. The van der Waals surface area contributed by atoms with E-state index < -0.39 is 30.0 Å². The molecule has 0 spiro atoms. The van der Waals surface area contributed by atoms with Crippen LogP contribution in [0.2, 0.25) is 0 Å². The minimum absolute atomic E-state index is 0.0524. The van der Waals surface area contributed by atoms with Crippen LogP contribution >= 0.6 is 0 Å². The Bertz CT molecular complexity index is 1360. The van der Waals surface area contributed by atoms with E-state index in [2.05, 4.69) is 22.9 Å². The summed E-state index contributed by atoms with van der Waals surface area (Å²) >= 11 is 0. The lowest BCUT2D eigenvalue weighted by Crippen LogP contribution is -2.23. The molecule has 9 nitrogen and oxygen atoms in total. The van der Waals surface area contributed by atoms with Gasteiger partial charge in [0.2, 0.25) is 0 Å². The highest BCUT2D eigenvalue weighted by Gasteiger charge is 2.16. The zero-order valence-electron chi connectivity index (χ0n) is 17.8. The molecule has 0 fully saturated rings. The maximum absolute atomic E-state index is 12.3. The second kappa shape index (κ2) is 9.39. The number of nitro groups is 1. The maximum Gasteiger partial charge on any atom is 0.344 e. The molecule has 0 unspecified atom stereocenters. The first-order valence-electron chi connectivity index (χ1n) is 10.3. The molecule has 0 radical (unpaired) electrons. The number of para-hydroxylation sites is 3. The number of aryl methyl sites for hydroxylation is 1. The summed E-state index contributed by atoms with van der Waals surface area (Å²) in [7, 11) is 0. The Morgan fingerprint density at radius 3 is 2.48 bits per heavy atom. The molecule has 0 aliphatic heterocycles. The van der Waals surface area contributed by atoms with Gasteiger partial charge >= 0.3 is 11.7 Å². The Morgan fingerprint density at radius 2 is 1.70 bits per heavy atom. The van der Waals surface area contributed by atoms with Crippen LogP contribution in [0.25, 0.3) is 21.8 Å². The summed E-state index contributed by atoms with van der Waals surface area (Å²) in [4.78, 5) is 34.6. The number of nitrogens with one attached hydrogen (secondary N) is 1. The molecular weight excluding hydrogens is 426 g/mol. The van der Waals surface area contributed by atoms with Gasteiger partial charge in [0.1, 0.15) is 0 Å². The van der Waals surface area contributed by atoms with E-state index in [0.717, 1.165) is 28.4 Å². The standard InChI is InChI=1S/C24H21N3O6/c1-2-26-19-8-4-3-7-17(19)18-13-16(11-12-20(18)26)25-23(28)14-33-24(29)15-32-22-10-6-5-9-21(22)27(30)31/h3-13H,2,14-15H2,1H3,(H,25,28). The van der Waals surface area contributed by atoms with Crippen molar-refractivity contribution in [2.24, 2.45) is 0 Å². The van der Waals surface area contributed by atoms with Crippen molar-refractivity contribution >= 4 is 45.1 Å². The number of anilines is 1. The Balaban J connectivity index is 1.37. The largest absolute Gasteiger partial charge is 0.475 e. The highest BCUT2D eigenvalue weighted by Crippen LogP contribution is 2.31. The van der Waals surface area contributed by atoms with Gasteiger partial charge in [-0.2, -0.15) is 0 Å². The number of ether oxygens (including phenoxy) is 2. The van der Waals surface area contributed by atoms with Crippen LogP contribution < -0.4 is 10.1 Å². The molecule has 4 aromatic rings. The van der Waals surface area contributed by atoms with Crippen LogP contribution in [0.4, 0.5) is 11.4 Å². The number of benzene rings is 3. The van der Waals surface area contributed by atoms with E-state index in [-0.39, 0.29) is 11.4 Å². The van der Waals surface area contributed by atoms with E-state index in [9.17, 15) is 19.7 Å². The van der Waals surface area contributed by atoms with E-state index in [1.54, 1.807) is 12.1 Å². The van der Waals surface area contributed by atoms with Crippen molar-refractivity contribution in [3.63, 3.8) is 0 Å². The highest BCUT2D eigenvalue weighted by atomic mass is 16.6. The lowest BCUT2D eigenvalue weighted by Gasteiger charge is -2.09. The fraction of sp³-hybridized carbons (Fsp3) is 0.167. The Morgan fingerprint density at radius 1 is 0.970 bits per heavy atom. The number of amides is 1. The summed E-state index contributed by atoms with van der Waals surface area (Å²) in [5.74, 6) is -1.37. The van der Waals surface area contributed by atoms with Crippen molar-refractivity contribution in [2.75, 3.05) is 18.5 Å². The quantitative estimate of drug-likeness (QED) is 0.245. The van der Waals surface area contributed by atoms with E-state index in [4.69, 9.17) is 9.47 Å². The fourth-order valence-electron chi connectivity index (χ4n) is 3.72. The minimum atomic E-state index is -0.815. The number of nitrogens with zero attached hydrogens (tertiary/aromatic N) is 2. The molecule has 1 amide bonds. The van der Waals surface area contributed by atoms with Gasteiger partial charge in [-0.15, -0.1) is 0 Å². The van der Waals surface area contributed by atoms with Crippen LogP contribution in [0.3, 0.4) is 0 Å². The molecule has 168 valence electrons. The molecule has 1 heterocycles. The molecule has 0 atom stereocenters. The van der Waals surface area contributed by atoms with E-state index in [1.807, 2.05) is 30.3 Å². The van der Waals surface area contributed by atoms with E-state index in [1.165, 1.54) is 18.2 Å². The van der Waals surface area contributed by atoms with E-state index >= 15 is 0 Å². The zero-order chi connectivity index (χ0) is 23.4. The van der Waals surface area contributed by atoms with Gasteiger partial charge in [-0.05, 0) is 37.3 Å². The van der Waals surface area contributed by atoms with Crippen molar-refractivity contribution in [3.05, 3.63) is 76.8 Å². The van der Waals surface area contributed by atoms with Crippen LogP contribution in [0.15, 0.2) is 66.7 Å². The van der Waals surface area contributed by atoms with Gasteiger partial charge in [-0.1, -0.05) is 30.3 Å². The van der Waals surface area contributed by atoms with Crippen molar-refractivity contribution in [1.29, 1.82) is 0 Å². The molecule has 1 aromatic heterocycles. The molecule has 0 aliphatic rings. The van der Waals surface area contributed by atoms with Crippen LogP contribution in [-0.4, -0.2) is 34.6 Å². The summed E-state index contributed by atoms with van der Waals surface area (Å²) in [6.45, 7) is 1.84. The van der Waals surface area contributed by atoms with Crippen LogP contribution in [0.5, 0.6) is 5.75 Å². The van der Waals surface area contributed by atoms with Gasteiger partial charge in [0.15, 0.2) is 19.0 Å². The summed E-state index contributed by atoms with van der Waals surface area (Å²) < 4.78 is 12.3. The predicted molar refractivity (Wildman–Crippen MR) is 123 cm³/mol. The molecule has 0 aliphatic carbocycles. The van der Waals surface area contributed by atoms with Gasteiger partial charge in [0.25, 0.3) is 5.91 Å². The number of carbonyl (C=O) groups excluding carboxylic acids is 2. The summed E-state index contributed by atoms with van der Waals surface area (Å²) in [5, 5.41) is 15.8. The average Bonchev–Trinajstić information content (AvgIpc) is 3.14. The number of aromatic nitrogens is 1. The SMILES string of the molecule is CCn1c2ccccc2c2cc(NC(=O)COC(=O)COc3ccccc3[N+](=O)[O-])ccc21. The summed E-state index contributed by atoms with van der Waals surface area (Å²) in [5.41, 5.74) is 2.50. The van der Waals surface area contributed by atoms with Crippen LogP contribution in [-0.2, 0) is 20.9 Å². The van der Waals surface area contributed by atoms with E-state index in [0.29, 0.717) is 5.69 Å². The first-order valence-corrected chi connectivity index (χ1v) is 10.3. The molecule has 0 saturated heterocycles. The average molecular weight is 447 g/mol. The third-order valence-electron chi connectivity index (χ3n) is 5.14. The Labute approximate surface area is 188 Å². The van der Waals surface area contributed by atoms with Crippen LogP contribution in [0.1, 0.15) is 6.92 Å². The van der Waals surface area contributed by atoms with Gasteiger partial charge in [-0.3, -0.25) is 14.9 Å². The number of hydrogen-bond donors (Lipinski definition) is 1. The monoisotopic (exact) mass is 447 g/mol. The van der Waals surface area contributed by atoms with Crippen molar-refractivity contribution in [2.45, 2.75) is 13.5 Å². The number of rotatable bonds is 8. The fourth-order valence-corrected chi connectivity index (χ4v) is 3.72. The number of hydrogen-bond acceptors (Lipinski definition) is 6. The first-order chi connectivity index (χ1) is 16.0. The zero-order valence-corrected chi connectivity index (χ0v) is 17.8. The van der Waals surface area contributed by atoms with Gasteiger partial charge in [-0.25, -0.2) is 4.79 Å². The molecule has 1 N–H and O–H groups in total. The topological polar surface area (TPSA) is 113 Å². The minimum Gasteiger partial charge on any atom is -0.475 e. The second-order valence-corrected chi connectivity index (χ2v) is 7.22. The number of esters is 1. The molecule has 33 heavy (non-hydrogen) atoms. The number of fused-ring (bicyclic) bond motifs is 3. The van der Waals surface area contributed by atoms with Gasteiger partial charge in [0, 0.05) is 40.1 Å². The first kappa shape index (κ1) is 21.8. The van der Waals surface area contributed by atoms with Crippen molar-refractivity contribution in [1.82, 2.24) is 4.57 Å². The van der Waals surface area contributed by atoms with Gasteiger partial charge < -0.3 is 19.4 Å². The molecule has 3 aromatic carbocycles. The summed E-state index contributed by atoms with van der Waals surface area (Å²) in [6.07, 6.45) is 0. The second-order valence-electron chi connectivity index (χ2n) is 7.22. The van der Waals surface area contributed by atoms with Gasteiger partial charge in [0.05, 0.1) is 4.92 Å². The molecule has 0 saturated carbocycles. The normalized spacial score (nSPS) is 10.8. The molecule has 0 bridgehead atoms. The highest BCUT2D eigenvalue weighted by molar-refractivity contribution is 6.09. The third-order valence-corrected chi connectivity index (χ3v) is 5.14. The smallest absolute Gasteiger partial charge is 0.344 e. The predicted octanol–water partition coefficient (Wildman–Crippen LogP) is 4.28. The number of nitro benzene ring substituents is 1. The Kier molecular flexibility index (Phi) is 6.21. The lowest BCUT2D eigenvalue weighted by atomic mass is 10.1. The van der Waals surface area contributed by atoms with Crippen molar-refractivity contribution in [3.8, 4) is 5.75 Å². The lowest BCUT2D eigenvalue weighted by molar-refractivity contribution is -0.385. The van der Waals surface area contributed by atoms with Crippen molar-refractivity contribution < 1.29 is 24.0 Å². The molecule has 4 rings (SSSR count). The molecule has 9 heteroatoms. The number of carbonyl (C=O) groups is 2. The molecular formula is C24H21N3O6. The van der Waals surface area contributed by atoms with Crippen LogP contribution in [0, 0.1) is 10.1 Å². The maximum atomic E-state index is 12.3. The Hall–Kier alpha value is -4.40. The third kappa shape index (κ3) is 4.62.